The van der Waals surface area contributed by atoms with Crippen LogP contribution < -0.4 is 0 Å². The molecule has 3 aromatic heterocycles. The molecule has 1 N–H and O–H groups in total. The molecule has 5 nitrogen and oxygen atoms in total. The van der Waals surface area contributed by atoms with Crippen molar-refractivity contribution >= 4 is 22.3 Å². The molecule has 0 saturated heterocycles. The Bertz CT molecular complexity index is 991. The number of carboxylic acids is 1. The van der Waals surface area contributed by atoms with E-state index in [0.717, 1.165) is 16.8 Å². The highest BCUT2D eigenvalue weighted by molar-refractivity contribution is 7.19. The summed E-state index contributed by atoms with van der Waals surface area (Å²) in [6.45, 7) is 0. The molecular weight excluding hydrogens is 310 g/mol. The Labute approximate surface area is 135 Å². The first-order chi connectivity index (χ1) is 11.2. The van der Waals surface area contributed by atoms with E-state index in [9.17, 15) is 9.90 Å². The van der Waals surface area contributed by atoms with E-state index < -0.39 is 5.97 Å². The van der Waals surface area contributed by atoms with Crippen LogP contribution in [0.2, 0.25) is 0 Å². The van der Waals surface area contributed by atoms with Gasteiger partial charge in [0.25, 0.3) is 0 Å². The predicted octanol–water partition coefficient (Wildman–Crippen LogP) is 3.82. The molecule has 0 saturated carbocycles. The lowest BCUT2D eigenvalue weighted by molar-refractivity contribution is 0.0702. The van der Waals surface area contributed by atoms with Crippen molar-refractivity contribution in [2.75, 3.05) is 0 Å². The molecule has 0 radical (unpaired) electrons. The Morgan fingerprint density at radius 2 is 1.87 bits per heavy atom. The molecule has 4 aromatic rings. The second-order valence-corrected chi connectivity index (χ2v) is 5.95. The number of thiazole rings is 1. The molecule has 1 aromatic carbocycles. The topological polar surface area (TPSA) is 67.5 Å². The molecule has 3 heterocycles. The first-order valence-corrected chi connectivity index (χ1v) is 7.76. The van der Waals surface area contributed by atoms with Gasteiger partial charge in [-0.3, -0.25) is 9.38 Å². The monoisotopic (exact) mass is 321 g/mol. The number of aromatic carboxylic acids is 1. The second-order valence-electron chi connectivity index (χ2n) is 4.97. The molecular formula is C17H11N3O2S. The minimum atomic E-state index is -0.958. The van der Waals surface area contributed by atoms with Gasteiger partial charge in [-0.2, -0.15) is 0 Å². The number of carboxylic acid groups (broad SMARTS) is 1. The zero-order chi connectivity index (χ0) is 15.8. The standard InChI is InChI=1S/C17H11N3O2S/c21-16(22)15-14(12-7-4-8-18-9-12)20-10-13(19-17(20)23-15)11-5-2-1-3-6-11/h1-10H,(H,21,22). The smallest absolute Gasteiger partial charge is 0.348 e. The summed E-state index contributed by atoms with van der Waals surface area (Å²) in [7, 11) is 0. The van der Waals surface area contributed by atoms with Crippen LogP contribution in [0.15, 0.2) is 61.1 Å². The summed E-state index contributed by atoms with van der Waals surface area (Å²) in [6, 6.07) is 13.5. The Balaban J connectivity index is 1.97. The summed E-state index contributed by atoms with van der Waals surface area (Å²) in [6.07, 6.45) is 5.20. The average molecular weight is 321 g/mol. The maximum Gasteiger partial charge on any atom is 0.348 e. The summed E-state index contributed by atoms with van der Waals surface area (Å²) in [5, 5.41) is 9.48. The van der Waals surface area contributed by atoms with Gasteiger partial charge >= 0.3 is 5.97 Å². The fraction of sp³-hybridized carbons (Fsp3) is 0. The maximum atomic E-state index is 11.6. The van der Waals surface area contributed by atoms with Crippen molar-refractivity contribution in [2.24, 2.45) is 0 Å². The number of hydrogen-bond donors (Lipinski definition) is 1. The summed E-state index contributed by atoms with van der Waals surface area (Å²) < 4.78 is 1.83. The fourth-order valence-corrected chi connectivity index (χ4v) is 3.48. The van der Waals surface area contributed by atoms with Crippen LogP contribution in [0.1, 0.15) is 9.67 Å². The van der Waals surface area contributed by atoms with E-state index in [4.69, 9.17) is 0 Å². The number of rotatable bonds is 3. The highest BCUT2D eigenvalue weighted by atomic mass is 32.1. The van der Waals surface area contributed by atoms with Crippen molar-refractivity contribution in [3.05, 3.63) is 65.9 Å². The van der Waals surface area contributed by atoms with E-state index in [-0.39, 0.29) is 4.88 Å². The van der Waals surface area contributed by atoms with E-state index in [2.05, 4.69) is 9.97 Å². The first-order valence-electron chi connectivity index (χ1n) is 6.95. The first kappa shape index (κ1) is 13.7. The van der Waals surface area contributed by atoms with Gasteiger partial charge in [0, 0.05) is 29.7 Å². The van der Waals surface area contributed by atoms with Crippen molar-refractivity contribution in [3.8, 4) is 22.5 Å². The molecule has 112 valence electrons. The van der Waals surface area contributed by atoms with Gasteiger partial charge in [-0.15, -0.1) is 0 Å². The molecule has 0 amide bonds. The normalized spacial score (nSPS) is 11.0. The van der Waals surface area contributed by atoms with Crippen molar-refractivity contribution in [1.29, 1.82) is 0 Å². The largest absolute Gasteiger partial charge is 0.477 e. The quantitative estimate of drug-likeness (QED) is 0.623. The highest BCUT2D eigenvalue weighted by Gasteiger charge is 2.21. The molecule has 4 rings (SSSR count). The van der Waals surface area contributed by atoms with Crippen LogP contribution in [-0.2, 0) is 0 Å². The molecule has 0 aliphatic heterocycles. The molecule has 6 heteroatoms. The number of benzene rings is 1. The predicted molar refractivity (Wildman–Crippen MR) is 88.7 cm³/mol. The summed E-state index contributed by atoms with van der Waals surface area (Å²) in [5.74, 6) is -0.958. The number of carbonyl (C=O) groups is 1. The summed E-state index contributed by atoms with van der Waals surface area (Å²) >= 11 is 1.17. The lowest BCUT2D eigenvalue weighted by atomic mass is 10.1. The third-order valence-corrected chi connectivity index (χ3v) is 4.56. The molecule has 0 bridgehead atoms. The lowest BCUT2D eigenvalue weighted by Crippen LogP contribution is -1.97. The van der Waals surface area contributed by atoms with Crippen LogP contribution >= 0.6 is 11.3 Å². The second kappa shape index (κ2) is 5.33. The van der Waals surface area contributed by atoms with Gasteiger partial charge in [0.15, 0.2) is 4.96 Å². The summed E-state index contributed by atoms with van der Waals surface area (Å²) in [4.78, 5) is 21.1. The van der Waals surface area contributed by atoms with Crippen LogP contribution in [0, 0.1) is 0 Å². The number of imidazole rings is 1. The van der Waals surface area contributed by atoms with Crippen molar-refractivity contribution in [2.45, 2.75) is 0 Å². The molecule has 0 aliphatic carbocycles. The van der Waals surface area contributed by atoms with Crippen molar-refractivity contribution in [1.82, 2.24) is 14.4 Å². The summed E-state index contributed by atoms with van der Waals surface area (Å²) in [5.41, 5.74) is 3.18. The molecule has 0 atom stereocenters. The van der Waals surface area contributed by atoms with E-state index in [1.54, 1.807) is 18.5 Å². The Morgan fingerprint density at radius 1 is 1.09 bits per heavy atom. The minimum Gasteiger partial charge on any atom is -0.477 e. The van der Waals surface area contributed by atoms with Crippen LogP contribution in [-0.4, -0.2) is 25.4 Å². The van der Waals surface area contributed by atoms with Crippen molar-refractivity contribution < 1.29 is 9.90 Å². The number of fused-ring (bicyclic) bond motifs is 1. The Morgan fingerprint density at radius 3 is 2.57 bits per heavy atom. The van der Waals surface area contributed by atoms with Crippen LogP contribution in [0.4, 0.5) is 0 Å². The Hall–Kier alpha value is -2.99. The third-order valence-electron chi connectivity index (χ3n) is 3.52. The van der Waals surface area contributed by atoms with Crippen LogP contribution in [0.3, 0.4) is 0 Å². The third kappa shape index (κ3) is 2.29. The lowest BCUT2D eigenvalue weighted by Gasteiger charge is -2.01. The fourth-order valence-electron chi connectivity index (χ4n) is 2.51. The van der Waals surface area contributed by atoms with E-state index in [1.165, 1.54) is 11.3 Å². The number of pyridine rings is 1. The molecule has 0 unspecified atom stereocenters. The van der Waals surface area contributed by atoms with Gasteiger partial charge in [-0.05, 0) is 12.1 Å². The number of hydrogen-bond acceptors (Lipinski definition) is 4. The highest BCUT2D eigenvalue weighted by Crippen LogP contribution is 2.33. The minimum absolute atomic E-state index is 0.264. The zero-order valence-corrected chi connectivity index (χ0v) is 12.7. The van der Waals surface area contributed by atoms with Crippen LogP contribution in [0.5, 0.6) is 0 Å². The zero-order valence-electron chi connectivity index (χ0n) is 11.9. The van der Waals surface area contributed by atoms with E-state index in [0.29, 0.717) is 10.7 Å². The van der Waals surface area contributed by atoms with E-state index >= 15 is 0 Å². The van der Waals surface area contributed by atoms with Gasteiger partial charge in [0.2, 0.25) is 0 Å². The average Bonchev–Trinajstić information content (AvgIpc) is 3.14. The van der Waals surface area contributed by atoms with E-state index in [1.807, 2.05) is 47.0 Å². The van der Waals surface area contributed by atoms with Gasteiger partial charge < -0.3 is 5.11 Å². The Kier molecular flexibility index (Phi) is 3.17. The maximum absolute atomic E-state index is 11.6. The van der Waals surface area contributed by atoms with Gasteiger partial charge in [0.05, 0.1) is 11.4 Å². The SMILES string of the molecule is O=C(O)c1sc2nc(-c3ccccc3)cn2c1-c1cccnc1. The number of nitrogens with zero attached hydrogens (tertiary/aromatic N) is 3. The molecule has 0 fully saturated rings. The molecule has 0 spiro atoms. The van der Waals surface area contributed by atoms with Gasteiger partial charge in [0.1, 0.15) is 4.88 Å². The molecule has 23 heavy (non-hydrogen) atoms. The van der Waals surface area contributed by atoms with Gasteiger partial charge in [-0.1, -0.05) is 41.7 Å². The molecule has 0 aliphatic rings. The number of aromatic nitrogens is 3. The van der Waals surface area contributed by atoms with Crippen molar-refractivity contribution in [3.63, 3.8) is 0 Å². The van der Waals surface area contributed by atoms with Crippen LogP contribution in [0.25, 0.3) is 27.5 Å². The van der Waals surface area contributed by atoms with Gasteiger partial charge in [-0.25, -0.2) is 9.78 Å².